The van der Waals surface area contributed by atoms with Gasteiger partial charge in [-0.3, -0.25) is 29.4 Å². The first-order chi connectivity index (χ1) is 14.2. The Morgan fingerprint density at radius 2 is 1.90 bits per heavy atom. The van der Waals surface area contributed by atoms with E-state index >= 15 is 0 Å². The Bertz CT molecular complexity index is 920. The number of rotatable bonds is 6. The molecule has 0 bridgehead atoms. The highest BCUT2D eigenvalue weighted by atomic mass is 19.3. The summed E-state index contributed by atoms with van der Waals surface area (Å²) in [4.78, 5) is 49.8. The van der Waals surface area contributed by atoms with Crippen LogP contribution in [0.5, 0.6) is 0 Å². The Hall–Kier alpha value is -2.72. The largest absolute Gasteiger partial charge is 0.313 e. The van der Waals surface area contributed by atoms with Crippen LogP contribution in [0, 0.1) is 0 Å². The lowest BCUT2D eigenvalue weighted by Crippen LogP contribution is -2.54. The van der Waals surface area contributed by atoms with E-state index in [0.717, 1.165) is 10.5 Å². The van der Waals surface area contributed by atoms with Crippen LogP contribution in [0.4, 0.5) is 8.78 Å². The van der Waals surface area contributed by atoms with Gasteiger partial charge in [-0.25, -0.2) is 8.78 Å². The quantitative estimate of drug-likeness (QED) is 0.459. The van der Waals surface area contributed by atoms with Gasteiger partial charge in [-0.2, -0.15) is 0 Å². The van der Waals surface area contributed by atoms with Gasteiger partial charge in [0, 0.05) is 25.4 Å². The van der Waals surface area contributed by atoms with Crippen molar-refractivity contribution in [3.05, 3.63) is 34.9 Å². The number of nitrogens with zero attached hydrogens (tertiary/aromatic N) is 1. The fourth-order valence-electron chi connectivity index (χ4n) is 4.14. The molecule has 3 N–H and O–H groups in total. The van der Waals surface area contributed by atoms with Crippen molar-refractivity contribution >= 4 is 23.6 Å². The molecule has 0 saturated carbocycles. The van der Waals surface area contributed by atoms with E-state index in [4.69, 9.17) is 0 Å². The van der Waals surface area contributed by atoms with Crippen LogP contribution in [-0.2, 0) is 16.1 Å². The number of benzene rings is 1. The monoisotopic (exact) mass is 420 g/mol. The van der Waals surface area contributed by atoms with E-state index in [9.17, 15) is 28.0 Å². The van der Waals surface area contributed by atoms with Crippen LogP contribution < -0.4 is 16.0 Å². The molecule has 3 aliphatic heterocycles. The standard InChI is InChI=1S/C20H22F2N4O4/c21-20(22)8-12(24-10-20)5-6-23-9-11-1-2-13-14(7-11)19(30)26(18(13)29)15-3-4-16(27)25-17(15)28/h1-2,7,12,15,23-24H,3-6,8-10H2,(H,25,27,28). The molecule has 160 valence electrons. The number of alkyl halides is 2. The molecular weight excluding hydrogens is 398 g/mol. The first kappa shape index (κ1) is 20.5. The molecule has 2 unspecified atom stereocenters. The van der Waals surface area contributed by atoms with Crippen LogP contribution in [0.1, 0.15) is 52.0 Å². The summed E-state index contributed by atoms with van der Waals surface area (Å²) in [5.74, 6) is -4.81. The van der Waals surface area contributed by atoms with Gasteiger partial charge < -0.3 is 10.6 Å². The summed E-state index contributed by atoms with van der Waals surface area (Å²) in [5, 5.41) is 8.13. The molecule has 2 fully saturated rings. The zero-order valence-corrected chi connectivity index (χ0v) is 16.2. The Labute approximate surface area is 171 Å². The highest BCUT2D eigenvalue weighted by molar-refractivity contribution is 6.23. The maximum absolute atomic E-state index is 13.2. The maximum Gasteiger partial charge on any atom is 0.262 e. The number of fused-ring (bicyclic) bond motifs is 1. The second-order valence-corrected chi connectivity index (χ2v) is 7.93. The van der Waals surface area contributed by atoms with Crippen LogP contribution >= 0.6 is 0 Å². The van der Waals surface area contributed by atoms with Gasteiger partial charge in [-0.15, -0.1) is 0 Å². The fourth-order valence-corrected chi connectivity index (χ4v) is 4.14. The minimum absolute atomic E-state index is 0.0702. The molecule has 1 aromatic carbocycles. The van der Waals surface area contributed by atoms with Crippen molar-refractivity contribution in [2.75, 3.05) is 13.1 Å². The third-order valence-corrected chi connectivity index (χ3v) is 5.70. The third-order valence-electron chi connectivity index (χ3n) is 5.70. The molecule has 4 rings (SSSR count). The van der Waals surface area contributed by atoms with Gasteiger partial charge in [0.15, 0.2) is 0 Å². The molecular formula is C20H22F2N4O4. The molecule has 3 heterocycles. The Morgan fingerprint density at radius 3 is 2.60 bits per heavy atom. The van der Waals surface area contributed by atoms with Gasteiger partial charge in [0.1, 0.15) is 6.04 Å². The summed E-state index contributed by atoms with van der Waals surface area (Å²) >= 11 is 0. The molecule has 10 heteroatoms. The normalized spacial score (nSPS) is 25.6. The van der Waals surface area contributed by atoms with E-state index in [1.54, 1.807) is 18.2 Å². The summed E-state index contributed by atoms with van der Waals surface area (Å²) in [7, 11) is 0. The van der Waals surface area contributed by atoms with Crippen LogP contribution in [-0.4, -0.2) is 59.6 Å². The highest BCUT2D eigenvalue weighted by Crippen LogP contribution is 2.28. The van der Waals surface area contributed by atoms with Crippen molar-refractivity contribution in [1.29, 1.82) is 0 Å². The second kappa shape index (κ2) is 7.84. The van der Waals surface area contributed by atoms with Gasteiger partial charge in [-0.1, -0.05) is 6.07 Å². The van der Waals surface area contributed by atoms with Crippen molar-refractivity contribution in [3.63, 3.8) is 0 Å². The summed E-state index contributed by atoms with van der Waals surface area (Å²) in [5.41, 5.74) is 1.22. The Balaban J connectivity index is 1.36. The number of carbonyl (C=O) groups excluding carboxylic acids is 4. The number of imide groups is 2. The number of halogens is 2. The Morgan fingerprint density at radius 1 is 1.13 bits per heavy atom. The molecule has 2 saturated heterocycles. The first-order valence-electron chi connectivity index (χ1n) is 9.91. The first-order valence-corrected chi connectivity index (χ1v) is 9.91. The molecule has 30 heavy (non-hydrogen) atoms. The molecule has 0 aliphatic carbocycles. The van der Waals surface area contributed by atoms with Crippen molar-refractivity contribution in [2.24, 2.45) is 0 Å². The molecule has 8 nitrogen and oxygen atoms in total. The molecule has 1 aromatic rings. The lowest BCUT2D eigenvalue weighted by Gasteiger charge is -2.27. The van der Waals surface area contributed by atoms with E-state index in [1.165, 1.54) is 0 Å². The SMILES string of the molecule is O=C1CCC(N2C(=O)c3ccc(CNCCC4CC(F)(F)CN4)cc3C2=O)C(=O)N1. The minimum atomic E-state index is -2.65. The van der Waals surface area contributed by atoms with Crippen molar-refractivity contribution < 1.29 is 28.0 Å². The summed E-state index contributed by atoms with van der Waals surface area (Å²) in [6, 6.07) is 3.66. The van der Waals surface area contributed by atoms with Crippen molar-refractivity contribution in [3.8, 4) is 0 Å². The molecule has 2 atom stereocenters. The molecule has 0 radical (unpaired) electrons. The number of nitrogens with one attached hydrogen (secondary N) is 3. The van der Waals surface area contributed by atoms with E-state index in [0.29, 0.717) is 19.5 Å². The predicted molar refractivity (Wildman–Crippen MR) is 101 cm³/mol. The lowest BCUT2D eigenvalue weighted by molar-refractivity contribution is -0.136. The fraction of sp³-hybridized carbons (Fsp3) is 0.500. The molecule has 4 amide bonds. The average Bonchev–Trinajstić information content (AvgIpc) is 3.16. The minimum Gasteiger partial charge on any atom is -0.313 e. The molecule has 0 aromatic heterocycles. The van der Waals surface area contributed by atoms with Crippen LogP contribution in [0.25, 0.3) is 0 Å². The summed E-state index contributed by atoms with van der Waals surface area (Å²) in [6.45, 7) is 0.651. The van der Waals surface area contributed by atoms with E-state index < -0.39 is 35.6 Å². The van der Waals surface area contributed by atoms with E-state index in [2.05, 4.69) is 16.0 Å². The molecule has 3 aliphatic rings. The number of piperidine rings is 1. The average molecular weight is 420 g/mol. The van der Waals surface area contributed by atoms with Crippen LogP contribution in [0.15, 0.2) is 18.2 Å². The number of hydrogen-bond acceptors (Lipinski definition) is 6. The number of carbonyl (C=O) groups is 4. The van der Waals surface area contributed by atoms with Gasteiger partial charge in [0.25, 0.3) is 17.7 Å². The smallest absolute Gasteiger partial charge is 0.262 e. The van der Waals surface area contributed by atoms with Crippen LogP contribution in [0.2, 0.25) is 0 Å². The molecule has 0 spiro atoms. The van der Waals surface area contributed by atoms with Crippen molar-refractivity contribution in [1.82, 2.24) is 20.9 Å². The Kier molecular flexibility index (Phi) is 5.37. The van der Waals surface area contributed by atoms with Crippen molar-refractivity contribution in [2.45, 2.75) is 50.2 Å². The predicted octanol–water partition coefficient (Wildman–Crippen LogP) is 0.565. The van der Waals surface area contributed by atoms with E-state index in [1.807, 2.05) is 0 Å². The third kappa shape index (κ3) is 3.97. The van der Waals surface area contributed by atoms with Crippen LogP contribution in [0.3, 0.4) is 0 Å². The number of hydrogen-bond donors (Lipinski definition) is 3. The zero-order valence-electron chi connectivity index (χ0n) is 16.2. The lowest BCUT2D eigenvalue weighted by atomic mass is 10.0. The van der Waals surface area contributed by atoms with Gasteiger partial charge in [0.2, 0.25) is 11.8 Å². The highest BCUT2D eigenvalue weighted by Gasteiger charge is 2.44. The second-order valence-electron chi connectivity index (χ2n) is 7.93. The van der Waals surface area contributed by atoms with E-state index in [-0.39, 0.29) is 43.0 Å². The van der Waals surface area contributed by atoms with Gasteiger partial charge in [-0.05, 0) is 37.1 Å². The topological polar surface area (TPSA) is 108 Å². The summed E-state index contributed by atoms with van der Waals surface area (Å²) < 4.78 is 26.4. The van der Waals surface area contributed by atoms with Gasteiger partial charge >= 0.3 is 0 Å². The zero-order chi connectivity index (χ0) is 21.5. The number of amides is 4. The van der Waals surface area contributed by atoms with Gasteiger partial charge in [0.05, 0.1) is 17.7 Å². The maximum atomic E-state index is 13.2. The summed E-state index contributed by atoms with van der Waals surface area (Å²) in [6.07, 6.45) is 0.571.